The largest absolute Gasteiger partial charge is 0.494 e. The van der Waals surface area contributed by atoms with Crippen molar-refractivity contribution >= 4 is 15.9 Å². The molecule has 0 fully saturated rings. The first kappa shape index (κ1) is 13.5. The molecule has 4 heteroatoms. The minimum atomic E-state index is 0.231. The van der Waals surface area contributed by atoms with Crippen LogP contribution in [0.25, 0.3) is 0 Å². The summed E-state index contributed by atoms with van der Waals surface area (Å²) in [6.07, 6.45) is 1.67. The molecule has 0 aliphatic carbocycles. The van der Waals surface area contributed by atoms with Gasteiger partial charge in [0.2, 0.25) is 0 Å². The molecule has 90 valence electrons. The van der Waals surface area contributed by atoms with Crippen LogP contribution in [0.3, 0.4) is 0 Å². The molecule has 0 spiro atoms. The van der Waals surface area contributed by atoms with Gasteiger partial charge in [0.1, 0.15) is 5.75 Å². The molecular formula is C12H18BrNO2. The van der Waals surface area contributed by atoms with E-state index in [2.05, 4.69) is 21.2 Å². The molecule has 0 bridgehead atoms. The van der Waals surface area contributed by atoms with Crippen molar-refractivity contribution in [2.24, 2.45) is 0 Å². The SMILES string of the molecule is CNCc1cc(OCCCCO)ccc1Br. The van der Waals surface area contributed by atoms with Gasteiger partial charge >= 0.3 is 0 Å². The molecule has 0 amide bonds. The summed E-state index contributed by atoms with van der Waals surface area (Å²) >= 11 is 3.50. The van der Waals surface area contributed by atoms with Crippen molar-refractivity contribution in [2.75, 3.05) is 20.3 Å². The van der Waals surface area contributed by atoms with Gasteiger partial charge < -0.3 is 15.2 Å². The van der Waals surface area contributed by atoms with Crippen molar-refractivity contribution in [3.63, 3.8) is 0 Å². The van der Waals surface area contributed by atoms with E-state index in [0.29, 0.717) is 6.61 Å². The Hall–Kier alpha value is -0.580. The molecule has 3 nitrogen and oxygen atoms in total. The topological polar surface area (TPSA) is 41.5 Å². The highest BCUT2D eigenvalue weighted by Crippen LogP contribution is 2.22. The Labute approximate surface area is 105 Å². The Morgan fingerprint density at radius 2 is 2.19 bits per heavy atom. The van der Waals surface area contributed by atoms with Gasteiger partial charge in [0.15, 0.2) is 0 Å². The highest BCUT2D eigenvalue weighted by atomic mass is 79.9. The second-order valence-electron chi connectivity index (χ2n) is 3.56. The summed E-state index contributed by atoms with van der Waals surface area (Å²) in [6.45, 7) is 1.70. The van der Waals surface area contributed by atoms with Crippen molar-refractivity contribution < 1.29 is 9.84 Å². The van der Waals surface area contributed by atoms with Crippen molar-refractivity contribution in [1.82, 2.24) is 5.32 Å². The summed E-state index contributed by atoms with van der Waals surface area (Å²) in [5, 5.41) is 11.8. The van der Waals surface area contributed by atoms with E-state index in [4.69, 9.17) is 9.84 Å². The van der Waals surface area contributed by atoms with E-state index in [1.807, 2.05) is 25.2 Å². The zero-order valence-corrected chi connectivity index (χ0v) is 11.1. The summed E-state index contributed by atoms with van der Waals surface area (Å²) in [5.74, 6) is 0.881. The molecule has 0 atom stereocenters. The minimum Gasteiger partial charge on any atom is -0.494 e. The van der Waals surface area contributed by atoms with Crippen LogP contribution in [-0.2, 0) is 6.54 Å². The average molecular weight is 288 g/mol. The Morgan fingerprint density at radius 3 is 2.88 bits per heavy atom. The number of unbranched alkanes of at least 4 members (excludes halogenated alkanes) is 1. The maximum Gasteiger partial charge on any atom is 0.119 e. The minimum absolute atomic E-state index is 0.231. The van der Waals surface area contributed by atoms with Gasteiger partial charge in [-0.05, 0) is 43.7 Å². The quantitative estimate of drug-likeness (QED) is 0.757. The Bertz CT molecular complexity index is 318. The van der Waals surface area contributed by atoms with Crippen LogP contribution in [0.1, 0.15) is 18.4 Å². The Balaban J connectivity index is 2.50. The maximum absolute atomic E-state index is 8.64. The molecule has 0 aliphatic rings. The van der Waals surface area contributed by atoms with Crippen LogP contribution in [0.2, 0.25) is 0 Å². The smallest absolute Gasteiger partial charge is 0.119 e. The van der Waals surface area contributed by atoms with E-state index >= 15 is 0 Å². The van der Waals surface area contributed by atoms with Crippen LogP contribution >= 0.6 is 15.9 Å². The number of aliphatic hydroxyl groups excluding tert-OH is 1. The molecule has 1 aromatic rings. The maximum atomic E-state index is 8.64. The Morgan fingerprint density at radius 1 is 1.38 bits per heavy atom. The van der Waals surface area contributed by atoms with Gasteiger partial charge in [-0.1, -0.05) is 15.9 Å². The monoisotopic (exact) mass is 287 g/mol. The molecule has 2 N–H and O–H groups in total. The van der Waals surface area contributed by atoms with Crippen LogP contribution in [0.15, 0.2) is 22.7 Å². The van der Waals surface area contributed by atoms with Crippen molar-refractivity contribution in [3.8, 4) is 5.75 Å². The number of aliphatic hydroxyl groups is 1. The molecule has 1 rings (SSSR count). The predicted molar refractivity (Wildman–Crippen MR) is 68.7 cm³/mol. The molecule has 16 heavy (non-hydrogen) atoms. The van der Waals surface area contributed by atoms with E-state index in [-0.39, 0.29) is 6.61 Å². The fourth-order valence-electron chi connectivity index (χ4n) is 1.37. The fourth-order valence-corrected chi connectivity index (χ4v) is 1.76. The zero-order chi connectivity index (χ0) is 11.8. The lowest BCUT2D eigenvalue weighted by atomic mass is 10.2. The summed E-state index contributed by atoms with van der Waals surface area (Å²) in [4.78, 5) is 0. The fraction of sp³-hybridized carbons (Fsp3) is 0.500. The number of benzene rings is 1. The van der Waals surface area contributed by atoms with Crippen molar-refractivity contribution in [3.05, 3.63) is 28.2 Å². The number of hydrogen-bond acceptors (Lipinski definition) is 3. The summed E-state index contributed by atoms with van der Waals surface area (Å²) in [7, 11) is 1.92. The van der Waals surface area contributed by atoms with Gasteiger partial charge in [-0.15, -0.1) is 0 Å². The van der Waals surface area contributed by atoms with E-state index in [1.165, 1.54) is 5.56 Å². The molecule has 0 aliphatic heterocycles. The predicted octanol–water partition coefficient (Wildman–Crippen LogP) is 2.32. The van der Waals surface area contributed by atoms with Gasteiger partial charge in [-0.25, -0.2) is 0 Å². The second-order valence-corrected chi connectivity index (χ2v) is 4.42. The van der Waals surface area contributed by atoms with E-state index < -0.39 is 0 Å². The molecular weight excluding hydrogens is 270 g/mol. The zero-order valence-electron chi connectivity index (χ0n) is 9.50. The molecule has 0 saturated carbocycles. The third-order valence-electron chi connectivity index (χ3n) is 2.21. The summed E-state index contributed by atoms with van der Waals surface area (Å²) < 4.78 is 6.68. The number of nitrogens with one attached hydrogen (secondary N) is 1. The number of ether oxygens (including phenoxy) is 1. The summed E-state index contributed by atoms with van der Waals surface area (Å²) in [6, 6.07) is 5.97. The van der Waals surface area contributed by atoms with Crippen LogP contribution < -0.4 is 10.1 Å². The van der Waals surface area contributed by atoms with E-state index in [1.54, 1.807) is 0 Å². The normalized spacial score (nSPS) is 10.4. The van der Waals surface area contributed by atoms with Crippen LogP contribution in [0, 0.1) is 0 Å². The number of halogens is 1. The first-order valence-electron chi connectivity index (χ1n) is 5.44. The van der Waals surface area contributed by atoms with Gasteiger partial charge in [-0.2, -0.15) is 0 Å². The lowest BCUT2D eigenvalue weighted by Crippen LogP contribution is -2.06. The molecule has 0 radical (unpaired) electrons. The highest BCUT2D eigenvalue weighted by Gasteiger charge is 2.01. The molecule has 0 unspecified atom stereocenters. The molecule has 0 aromatic heterocycles. The highest BCUT2D eigenvalue weighted by molar-refractivity contribution is 9.10. The molecule has 0 heterocycles. The first-order chi connectivity index (χ1) is 7.77. The van der Waals surface area contributed by atoms with Crippen LogP contribution in [-0.4, -0.2) is 25.4 Å². The van der Waals surface area contributed by atoms with E-state index in [0.717, 1.165) is 29.6 Å². The van der Waals surface area contributed by atoms with Crippen LogP contribution in [0.5, 0.6) is 5.75 Å². The third-order valence-corrected chi connectivity index (χ3v) is 2.98. The number of hydrogen-bond donors (Lipinski definition) is 2. The first-order valence-corrected chi connectivity index (χ1v) is 6.24. The van der Waals surface area contributed by atoms with Gasteiger partial charge in [0.05, 0.1) is 6.61 Å². The average Bonchev–Trinajstić information content (AvgIpc) is 2.29. The second kappa shape index (κ2) is 7.65. The van der Waals surface area contributed by atoms with Gasteiger partial charge in [-0.3, -0.25) is 0 Å². The lowest BCUT2D eigenvalue weighted by Gasteiger charge is -2.09. The molecule has 1 aromatic carbocycles. The van der Waals surface area contributed by atoms with Gasteiger partial charge in [0, 0.05) is 17.6 Å². The lowest BCUT2D eigenvalue weighted by molar-refractivity contribution is 0.253. The van der Waals surface area contributed by atoms with Crippen molar-refractivity contribution in [2.45, 2.75) is 19.4 Å². The number of rotatable bonds is 7. The standard InChI is InChI=1S/C12H18BrNO2/c1-14-9-10-8-11(4-5-12(10)13)16-7-3-2-6-15/h4-5,8,14-15H,2-3,6-7,9H2,1H3. The molecule has 0 saturated heterocycles. The third kappa shape index (κ3) is 4.51. The summed E-state index contributed by atoms with van der Waals surface area (Å²) in [5.41, 5.74) is 1.18. The van der Waals surface area contributed by atoms with Crippen LogP contribution in [0.4, 0.5) is 0 Å². The van der Waals surface area contributed by atoms with Gasteiger partial charge in [0.25, 0.3) is 0 Å². The van der Waals surface area contributed by atoms with E-state index in [9.17, 15) is 0 Å². The Kier molecular flexibility index (Phi) is 6.45. The van der Waals surface area contributed by atoms with Crippen molar-refractivity contribution in [1.29, 1.82) is 0 Å².